The first-order valence-corrected chi connectivity index (χ1v) is 17.2. The lowest BCUT2D eigenvalue weighted by Crippen LogP contribution is -2.13. The lowest BCUT2D eigenvalue weighted by atomic mass is 9.93. The molecule has 0 unspecified atom stereocenters. The number of thiophene rings is 1. The van der Waals surface area contributed by atoms with Gasteiger partial charge in [0.05, 0.1) is 21.8 Å². The minimum atomic E-state index is 1.14. The van der Waals surface area contributed by atoms with Crippen molar-refractivity contribution in [2.45, 2.75) is 0 Å². The van der Waals surface area contributed by atoms with E-state index in [4.69, 9.17) is 0 Å². The monoisotopic (exact) mass is 629 g/mol. The lowest BCUT2D eigenvalue weighted by Gasteiger charge is -2.31. The van der Waals surface area contributed by atoms with Crippen LogP contribution in [0.5, 0.6) is 0 Å². The Kier molecular flexibility index (Phi) is 7.07. The van der Waals surface area contributed by atoms with E-state index in [1.807, 2.05) is 11.3 Å². The smallest absolute Gasteiger partial charge is 0.0640 e. The number of nitrogens with zero attached hydrogens (tertiary/aromatic N) is 1. The van der Waals surface area contributed by atoms with Crippen LogP contribution in [-0.2, 0) is 0 Å². The fraction of sp³-hybridized carbons (Fsp3) is 0. The third-order valence-electron chi connectivity index (χ3n) is 9.28. The normalized spacial score (nSPS) is 11.3. The van der Waals surface area contributed by atoms with Crippen LogP contribution < -0.4 is 4.90 Å². The molecule has 0 saturated heterocycles. The summed E-state index contributed by atoms with van der Waals surface area (Å²) < 4.78 is 2.57. The van der Waals surface area contributed by atoms with Crippen molar-refractivity contribution in [3.63, 3.8) is 0 Å². The zero-order valence-electron chi connectivity index (χ0n) is 26.3. The standard InChI is InChI=1S/C46H31NS/c1-3-15-33(16-4-1)38-22-9-11-26-42(38)47(43-27-14-25-41-40-23-10-12-28-45(40)48-46(41)43)44-31-35(29-30-39(44)34-17-5-2-6-18-34)37-24-13-20-32-19-7-8-21-36(32)37/h1-31H. The number of anilines is 3. The van der Waals surface area contributed by atoms with Gasteiger partial charge < -0.3 is 4.90 Å². The Morgan fingerprint density at radius 3 is 1.71 bits per heavy atom. The summed E-state index contributed by atoms with van der Waals surface area (Å²) in [6.07, 6.45) is 0. The highest BCUT2D eigenvalue weighted by atomic mass is 32.1. The van der Waals surface area contributed by atoms with Gasteiger partial charge in [0.15, 0.2) is 0 Å². The van der Waals surface area contributed by atoms with E-state index < -0.39 is 0 Å². The molecule has 0 N–H and O–H groups in total. The Morgan fingerprint density at radius 2 is 0.896 bits per heavy atom. The van der Waals surface area contributed by atoms with Crippen LogP contribution in [0.1, 0.15) is 0 Å². The first kappa shape index (κ1) is 28.3. The van der Waals surface area contributed by atoms with Crippen molar-refractivity contribution in [2.24, 2.45) is 0 Å². The van der Waals surface area contributed by atoms with E-state index in [0.717, 1.165) is 11.4 Å². The molecule has 48 heavy (non-hydrogen) atoms. The molecule has 0 amide bonds. The highest BCUT2D eigenvalue weighted by molar-refractivity contribution is 7.26. The molecule has 0 fully saturated rings. The summed E-state index contributed by atoms with van der Waals surface area (Å²) in [6, 6.07) is 68.2. The van der Waals surface area contributed by atoms with Gasteiger partial charge >= 0.3 is 0 Å². The Balaban J connectivity index is 1.39. The number of rotatable bonds is 6. The first-order valence-electron chi connectivity index (χ1n) is 16.4. The second-order valence-corrected chi connectivity index (χ2v) is 13.1. The summed E-state index contributed by atoms with van der Waals surface area (Å²) in [4.78, 5) is 2.51. The van der Waals surface area contributed by atoms with Crippen LogP contribution >= 0.6 is 11.3 Å². The van der Waals surface area contributed by atoms with E-state index in [1.165, 1.54) is 70.0 Å². The van der Waals surface area contributed by atoms with Gasteiger partial charge in [0, 0.05) is 26.6 Å². The Labute approximate surface area is 284 Å². The molecule has 0 atom stereocenters. The lowest BCUT2D eigenvalue weighted by molar-refractivity contribution is 1.30. The van der Waals surface area contributed by atoms with Crippen LogP contribution in [0.15, 0.2) is 188 Å². The van der Waals surface area contributed by atoms with Crippen molar-refractivity contribution < 1.29 is 0 Å². The van der Waals surface area contributed by atoms with E-state index >= 15 is 0 Å². The molecule has 9 aromatic rings. The van der Waals surface area contributed by atoms with Crippen LogP contribution in [0.4, 0.5) is 17.1 Å². The SMILES string of the molecule is c1ccc(-c2ccccc2N(c2cc(-c3cccc4ccccc34)ccc2-c2ccccc2)c2cccc3c2sc2ccccc23)cc1. The quantitative estimate of drug-likeness (QED) is 0.177. The van der Waals surface area contributed by atoms with Gasteiger partial charge in [-0.2, -0.15) is 0 Å². The number of benzene rings is 8. The molecule has 0 aliphatic heterocycles. The molecule has 0 radical (unpaired) electrons. The molecule has 0 aliphatic carbocycles. The predicted molar refractivity (Wildman–Crippen MR) is 208 cm³/mol. The van der Waals surface area contributed by atoms with Crippen molar-refractivity contribution in [3.8, 4) is 33.4 Å². The molecule has 226 valence electrons. The van der Waals surface area contributed by atoms with E-state index in [9.17, 15) is 0 Å². The Morgan fingerprint density at radius 1 is 0.333 bits per heavy atom. The minimum absolute atomic E-state index is 1.14. The zero-order valence-corrected chi connectivity index (χ0v) is 27.1. The number of fused-ring (bicyclic) bond motifs is 4. The maximum atomic E-state index is 2.51. The number of hydrogen-bond acceptors (Lipinski definition) is 2. The van der Waals surface area contributed by atoms with Gasteiger partial charge in [-0.1, -0.05) is 164 Å². The minimum Gasteiger partial charge on any atom is -0.308 e. The molecule has 0 spiro atoms. The third-order valence-corrected chi connectivity index (χ3v) is 10.5. The molecule has 1 heterocycles. The summed E-state index contributed by atoms with van der Waals surface area (Å²) in [7, 11) is 0. The van der Waals surface area contributed by atoms with Gasteiger partial charge in [0.25, 0.3) is 0 Å². The first-order chi connectivity index (χ1) is 23.8. The summed E-state index contributed by atoms with van der Waals surface area (Å²) in [5.74, 6) is 0. The van der Waals surface area contributed by atoms with Gasteiger partial charge in [-0.15, -0.1) is 11.3 Å². The molecular weight excluding hydrogens is 599 g/mol. The van der Waals surface area contributed by atoms with E-state index in [-0.39, 0.29) is 0 Å². The van der Waals surface area contributed by atoms with Crippen LogP contribution in [0, 0.1) is 0 Å². The average Bonchev–Trinajstić information content (AvgIpc) is 3.55. The van der Waals surface area contributed by atoms with Gasteiger partial charge in [0.2, 0.25) is 0 Å². The Bertz CT molecular complexity index is 2560. The summed E-state index contributed by atoms with van der Waals surface area (Å²) in [5.41, 5.74) is 10.6. The number of para-hydroxylation sites is 1. The second-order valence-electron chi connectivity index (χ2n) is 12.1. The van der Waals surface area contributed by atoms with E-state index in [2.05, 4.69) is 193 Å². The number of hydrogen-bond donors (Lipinski definition) is 0. The highest BCUT2D eigenvalue weighted by Gasteiger charge is 2.24. The van der Waals surface area contributed by atoms with Gasteiger partial charge in [-0.05, 0) is 57.3 Å². The van der Waals surface area contributed by atoms with Crippen molar-refractivity contribution in [3.05, 3.63) is 188 Å². The molecule has 0 aliphatic rings. The van der Waals surface area contributed by atoms with Crippen LogP contribution in [0.3, 0.4) is 0 Å². The topological polar surface area (TPSA) is 3.24 Å². The maximum Gasteiger partial charge on any atom is 0.0640 e. The van der Waals surface area contributed by atoms with Crippen molar-refractivity contribution in [1.82, 2.24) is 0 Å². The van der Waals surface area contributed by atoms with Crippen molar-refractivity contribution >= 4 is 59.3 Å². The second kappa shape index (κ2) is 12.0. The maximum absolute atomic E-state index is 2.51. The van der Waals surface area contributed by atoms with Crippen LogP contribution in [-0.4, -0.2) is 0 Å². The fourth-order valence-electron chi connectivity index (χ4n) is 7.05. The van der Waals surface area contributed by atoms with E-state index in [1.54, 1.807) is 0 Å². The predicted octanol–water partition coefficient (Wildman–Crippen LogP) is 13.7. The molecule has 0 bridgehead atoms. The molecule has 1 nitrogen and oxygen atoms in total. The molecule has 8 aromatic carbocycles. The largest absolute Gasteiger partial charge is 0.308 e. The van der Waals surface area contributed by atoms with Gasteiger partial charge in [0.1, 0.15) is 0 Å². The molecule has 0 saturated carbocycles. The van der Waals surface area contributed by atoms with Crippen LogP contribution in [0.2, 0.25) is 0 Å². The van der Waals surface area contributed by atoms with E-state index in [0.29, 0.717) is 0 Å². The zero-order chi connectivity index (χ0) is 31.9. The third kappa shape index (κ3) is 4.86. The van der Waals surface area contributed by atoms with Gasteiger partial charge in [-0.25, -0.2) is 0 Å². The molecule has 9 rings (SSSR count). The summed E-state index contributed by atoms with van der Waals surface area (Å²) >= 11 is 1.87. The summed E-state index contributed by atoms with van der Waals surface area (Å²) in [6.45, 7) is 0. The Hall–Kier alpha value is -5.96. The molecule has 2 heteroatoms. The summed E-state index contributed by atoms with van der Waals surface area (Å²) in [5, 5.41) is 5.07. The van der Waals surface area contributed by atoms with Gasteiger partial charge in [-0.3, -0.25) is 0 Å². The fourth-order valence-corrected chi connectivity index (χ4v) is 8.26. The molecular formula is C46H31NS. The molecule has 1 aromatic heterocycles. The van der Waals surface area contributed by atoms with Crippen molar-refractivity contribution in [1.29, 1.82) is 0 Å². The van der Waals surface area contributed by atoms with Crippen LogP contribution in [0.25, 0.3) is 64.3 Å². The average molecular weight is 630 g/mol. The highest BCUT2D eigenvalue weighted by Crippen LogP contribution is 2.50. The van der Waals surface area contributed by atoms with Crippen molar-refractivity contribution in [2.75, 3.05) is 4.90 Å².